The van der Waals surface area contributed by atoms with E-state index in [1.165, 1.54) is 0 Å². The molecule has 0 fully saturated rings. The average molecular weight is 375 g/mol. The lowest BCUT2D eigenvalue weighted by atomic mass is 10.00. The Morgan fingerprint density at radius 1 is 1.21 bits per heavy atom. The van der Waals surface area contributed by atoms with Gasteiger partial charge in [0.2, 0.25) is 5.88 Å². The summed E-state index contributed by atoms with van der Waals surface area (Å²) in [5.41, 5.74) is 2.51. The fourth-order valence-corrected chi connectivity index (χ4v) is 3.54. The Kier molecular flexibility index (Phi) is 5.06. The SMILES string of the molecule is CCOc1nc(-c2cccs2)cc(-c2ccc(Cl)cc2Cl)c1C#N. The molecule has 2 aromatic heterocycles. The van der Waals surface area contributed by atoms with Gasteiger partial charge >= 0.3 is 0 Å². The summed E-state index contributed by atoms with van der Waals surface area (Å²) >= 11 is 13.9. The van der Waals surface area contributed by atoms with E-state index in [0.717, 1.165) is 16.1 Å². The molecule has 0 unspecified atom stereocenters. The van der Waals surface area contributed by atoms with Crippen LogP contribution in [0.2, 0.25) is 10.0 Å². The van der Waals surface area contributed by atoms with E-state index in [9.17, 15) is 5.26 Å². The number of ether oxygens (including phenoxy) is 1. The fourth-order valence-electron chi connectivity index (χ4n) is 2.34. The number of benzene rings is 1. The molecule has 3 rings (SSSR count). The Balaban J connectivity index is 2.28. The number of hydrogen-bond donors (Lipinski definition) is 0. The molecule has 24 heavy (non-hydrogen) atoms. The van der Waals surface area contributed by atoms with Crippen molar-refractivity contribution in [3.8, 4) is 33.6 Å². The molecular weight excluding hydrogens is 363 g/mol. The van der Waals surface area contributed by atoms with Crippen LogP contribution in [0.4, 0.5) is 0 Å². The molecular formula is C18H12Cl2N2OS. The number of thiophene rings is 1. The lowest BCUT2D eigenvalue weighted by Crippen LogP contribution is -2.01. The molecule has 3 nitrogen and oxygen atoms in total. The van der Waals surface area contributed by atoms with Crippen molar-refractivity contribution in [1.82, 2.24) is 4.98 Å². The lowest BCUT2D eigenvalue weighted by Gasteiger charge is -2.13. The molecule has 0 spiro atoms. The van der Waals surface area contributed by atoms with Crippen LogP contribution in [0.25, 0.3) is 21.7 Å². The van der Waals surface area contributed by atoms with Crippen LogP contribution in [0.3, 0.4) is 0 Å². The summed E-state index contributed by atoms with van der Waals surface area (Å²) in [5, 5.41) is 12.6. The van der Waals surface area contributed by atoms with E-state index in [-0.39, 0.29) is 0 Å². The highest BCUT2D eigenvalue weighted by molar-refractivity contribution is 7.13. The molecule has 1 aromatic carbocycles. The maximum absolute atomic E-state index is 9.62. The average Bonchev–Trinajstić information content (AvgIpc) is 3.09. The molecule has 0 bridgehead atoms. The molecule has 0 aliphatic carbocycles. The summed E-state index contributed by atoms with van der Waals surface area (Å²) in [6, 6.07) is 13.2. The van der Waals surface area contributed by atoms with Gasteiger partial charge in [-0.05, 0) is 36.6 Å². The van der Waals surface area contributed by atoms with Gasteiger partial charge in [0.1, 0.15) is 11.6 Å². The molecule has 0 atom stereocenters. The minimum atomic E-state index is 0.312. The van der Waals surface area contributed by atoms with Crippen molar-refractivity contribution in [2.24, 2.45) is 0 Å². The minimum absolute atomic E-state index is 0.312. The van der Waals surface area contributed by atoms with E-state index in [4.69, 9.17) is 27.9 Å². The smallest absolute Gasteiger partial charge is 0.232 e. The van der Waals surface area contributed by atoms with Crippen molar-refractivity contribution in [3.05, 3.63) is 57.4 Å². The molecule has 0 amide bonds. The van der Waals surface area contributed by atoms with E-state index in [0.29, 0.717) is 33.7 Å². The van der Waals surface area contributed by atoms with Gasteiger partial charge in [-0.3, -0.25) is 0 Å². The summed E-state index contributed by atoms with van der Waals surface area (Å²) in [4.78, 5) is 5.50. The lowest BCUT2D eigenvalue weighted by molar-refractivity contribution is 0.326. The highest BCUT2D eigenvalue weighted by atomic mass is 35.5. The molecule has 0 saturated carbocycles. The third-order valence-electron chi connectivity index (χ3n) is 3.37. The second-order valence-corrected chi connectivity index (χ2v) is 6.67. The van der Waals surface area contributed by atoms with Crippen molar-refractivity contribution in [2.75, 3.05) is 6.61 Å². The van der Waals surface area contributed by atoms with Gasteiger partial charge in [0.05, 0.1) is 17.2 Å². The van der Waals surface area contributed by atoms with Crippen LogP contribution in [0.5, 0.6) is 5.88 Å². The first-order valence-electron chi connectivity index (χ1n) is 7.21. The molecule has 0 aliphatic heterocycles. The molecule has 2 heterocycles. The zero-order chi connectivity index (χ0) is 17.1. The standard InChI is InChI=1S/C18H12Cl2N2OS/c1-2-23-18-14(10-21)13(12-6-5-11(19)8-15(12)20)9-16(22-18)17-4-3-7-24-17/h3-9H,2H2,1H3. The van der Waals surface area contributed by atoms with Crippen LogP contribution in [0.15, 0.2) is 41.8 Å². The van der Waals surface area contributed by atoms with E-state index in [1.807, 2.05) is 30.5 Å². The van der Waals surface area contributed by atoms with Gasteiger partial charge in [0.15, 0.2) is 0 Å². The summed E-state index contributed by atoms with van der Waals surface area (Å²) in [5.74, 6) is 0.312. The molecule has 120 valence electrons. The minimum Gasteiger partial charge on any atom is -0.477 e. The van der Waals surface area contributed by atoms with Gasteiger partial charge < -0.3 is 4.74 Å². The van der Waals surface area contributed by atoms with Crippen LogP contribution < -0.4 is 4.74 Å². The normalized spacial score (nSPS) is 10.4. The molecule has 6 heteroatoms. The van der Waals surface area contributed by atoms with Crippen molar-refractivity contribution in [1.29, 1.82) is 5.26 Å². The summed E-state index contributed by atoms with van der Waals surface area (Å²) in [7, 11) is 0. The van der Waals surface area contributed by atoms with Gasteiger partial charge in [-0.2, -0.15) is 5.26 Å². The number of nitriles is 1. The van der Waals surface area contributed by atoms with E-state index < -0.39 is 0 Å². The number of aromatic nitrogens is 1. The van der Waals surface area contributed by atoms with Crippen LogP contribution in [0, 0.1) is 11.3 Å². The zero-order valence-corrected chi connectivity index (χ0v) is 15.0. The third kappa shape index (κ3) is 3.25. The van der Waals surface area contributed by atoms with Crippen molar-refractivity contribution >= 4 is 34.5 Å². The van der Waals surface area contributed by atoms with Crippen LogP contribution in [-0.2, 0) is 0 Å². The molecule has 0 saturated heterocycles. The predicted molar refractivity (Wildman–Crippen MR) is 98.9 cm³/mol. The Hall–Kier alpha value is -2.06. The zero-order valence-electron chi connectivity index (χ0n) is 12.7. The second kappa shape index (κ2) is 7.23. The maximum atomic E-state index is 9.62. The Labute approximate surface area is 154 Å². The van der Waals surface area contributed by atoms with Gasteiger partial charge in [-0.15, -0.1) is 11.3 Å². The quantitative estimate of drug-likeness (QED) is 0.557. The Morgan fingerprint density at radius 3 is 2.67 bits per heavy atom. The van der Waals surface area contributed by atoms with Crippen molar-refractivity contribution in [3.63, 3.8) is 0 Å². The van der Waals surface area contributed by atoms with Crippen LogP contribution >= 0.6 is 34.5 Å². The van der Waals surface area contributed by atoms with Gasteiger partial charge in [0.25, 0.3) is 0 Å². The Morgan fingerprint density at radius 2 is 2.04 bits per heavy atom. The van der Waals surface area contributed by atoms with Gasteiger partial charge in [0, 0.05) is 21.2 Å². The predicted octanol–water partition coefficient (Wildman–Crippen LogP) is 6.05. The monoisotopic (exact) mass is 374 g/mol. The van der Waals surface area contributed by atoms with E-state index in [1.54, 1.807) is 29.5 Å². The van der Waals surface area contributed by atoms with Crippen molar-refractivity contribution in [2.45, 2.75) is 6.92 Å². The van der Waals surface area contributed by atoms with Gasteiger partial charge in [-0.25, -0.2) is 4.98 Å². The molecule has 3 aromatic rings. The first kappa shape index (κ1) is 16.8. The first-order valence-corrected chi connectivity index (χ1v) is 8.84. The molecule has 0 N–H and O–H groups in total. The number of rotatable bonds is 4. The van der Waals surface area contributed by atoms with E-state index >= 15 is 0 Å². The summed E-state index contributed by atoms with van der Waals surface area (Å²) < 4.78 is 5.59. The first-order chi connectivity index (χ1) is 11.6. The molecule has 0 aliphatic rings. The van der Waals surface area contributed by atoms with Crippen LogP contribution in [0.1, 0.15) is 12.5 Å². The Bertz CT molecular complexity index is 918. The second-order valence-electron chi connectivity index (χ2n) is 4.88. The largest absolute Gasteiger partial charge is 0.477 e. The number of hydrogen-bond acceptors (Lipinski definition) is 4. The number of nitrogens with zero attached hydrogens (tertiary/aromatic N) is 2. The highest BCUT2D eigenvalue weighted by Crippen LogP contribution is 2.38. The highest BCUT2D eigenvalue weighted by Gasteiger charge is 2.18. The number of pyridine rings is 1. The van der Waals surface area contributed by atoms with Crippen molar-refractivity contribution < 1.29 is 4.74 Å². The summed E-state index contributed by atoms with van der Waals surface area (Å²) in [6.07, 6.45) is 0. The van der Waals surface area contributed by atoms with E-state index in [2.05, 4.69) is 11.1 Å². The van der Waals surface area contributed by atoms with Crippen LogP contribution in [-0.4, -0.2) is 11.6 Å². The topological polar surface area (TPSA) is 45.9 Å². The maximum Gasteiger partial charge on any atom is 0.232 e. The molecule has 0 radical (unpaired) electrons. The summed E-state index contributed by atoms with van der Waals surface area (Å²) in [6.45, 7) is 2.28. The third-order valence-corrected chi connectivity index (χ3v) is 4.81. The number of halogens is 2. The van der Waals surface area contributed by atoms with Gasteiger partial charge in [-0.1, -0.05) is 35.3 Å². The fraction of sp³-hybridized carbons (Fsp3) is 0.111.